The predicted octanol–water partition coefficient (Wildman–Crippen LogP) is 4.18. The Morgan fingerprint density at radius 1 is 0.917 bits per heavy atom. The second kappa shape index (κ2) is 8.83. The number of aliphatic hydroxyl groups is 1. The largest absolute Gasteiger partial charge is 0.491 e. The lowest BCUT2D eigenvalue weighted by molar-refractivity contribution is 0.0617. The molecule has 0 saturated carbocycles. The highest BCUT2D eigenvalue weighted by molar-refractivity contribution is 14.1. The highest BCUT2D eigenvalue weighted by Crippen LogP contribution is 2.23. The minimum atomic E-state index is -0.432. The van der Waals surface area contributed by atoms with Gasteiger partial charge in [-0.2, -0.15) is 0 Å². The summed E-state index contributed by atoms with van der Waals surface area (Å²) in [4.78, 5) is 2.33. The maximum atomic E-state index is 10.2. The molecule has 0 aliphatic carbocycles. The Hall–Kier alpha value is -1.11. The molecule has 1 aliphatic heterocycles. The molecule has 2 aromatic rings. The van der Waals surface area contributed by atoms with Crippen LogP contribution in [0.25, 0.3) is 11.1 Å². The molecule has 1 unspecified atom stereocenters. The fraction of sp³-hybridized carbons (Fsp3) is 0.400. The van der Waals surface area contributed by atoms with Gasteiger partial charge in [-0.15, -0.1) is 0 Å². The zero-order valence-electron chi connectivity index (χ0n) is 13.8. The van der Waals surface area contributed by atoms with Crippen molar-refractivity contribution in [1.29, 1.82) is 0 Å². The Kier molecular flexibility index (Phi) is 6.51. The molecular formula is C20H24INO2. The van der Waals surface area contributed by atoms with E-state index in [4.69, 9.17) is 4.74 Å². The van der Waals surface area contributed by atoms with Gasteiger partial charge in [-0.1, -0.05) is 30.7 Å². The summed E-state index contributed by atoms with van der Waals surface area (Å²) in [5, 5.41) is 10.2. The number of ether oxygens (including phenoxy) is 1. The third kappa shape index (κ3) is 5.19. The third-order valence-corrected chi connectivity index (χ3v) is 5.11. The summed E-state index contributed by atoms with van der Waals surface area (Å²) in [6.45, 7) is 3.25. The number of benzene rings is 2. The Labute approximate surface area is 157 Å². The van der Waals surface area contributed by atoms with Crippen LogP contribution in [-0.4, -0.2) is 42.4 Å². The zero-order valence-corrected chi connectivity index (χ0v) is 16.0. The van der Waals surface area contributed by atoms with E-state index in [-0.39, 0.29) is 0 Å². The molecule has 1 atom stereocenters. The highest BCUT2D eigenvalue weighted by atomic mass is 127. The maximum Gasteiger partial charge on any atom is 0.119 e. The summed E-state index contributed by atoms with van der Waals surface area (Å²) >= 11 is 2.31. The van der Waals surface area contributed by atoms with Crippen LogP contribution >= 0.6 is 22.6 Å². The van der Waals surface area contributed by atoms with Crippen LogP contribution < -0.4 is 4.74 Å². The van der Waals surface area contributed by atoms with Gasteiger partial charge in [0.05, 0.1) is 0 Å². The van der Waals surface area contributed by atoms with Crippen molar-refractivity contribution in [2.45, 2.75) is 25.4 Å². The summed E-state index contributed by atoms with van der Waals surface area (Å²) in [6, 6.07) is 16.5. The molecule has 0 radical (unpaired) electrons. The molecule has 1 fully saturated rings. The van der Waals surface area contributed by atoms with E-state index in [1.54, 1.807) is 0 Å². The Morgan fingerprint density at radius 3 is 2.12 bits per heavy atom. The first-order valence-corrected chi connectivity index (χ1v) is 9.68. The van der Waals surface area contributed by atoms with Gasteiger partial charge in [0.15, 0.2) is 0 Å². The molecule has 0 aromatic heterocycles. The molecule has 3 nitrogen and oxygen atoms in total. The van der Waals surface area contributed by atoms with Crippen LogP contribution in [0.15, 0.2) is 48.5 Å². The quantitative estimate of drug-likeness (QED) is 0.689. The van der Waals surface area contributed by atoms with Gasteiger partial charge in [0.2, 0.25) is 0 Å². The summed E-state index contributed by atoms with van der Waals surface area (Å²) in [5.41, 5.74) is 2.37. The second-order valence-corrected chi connectivity index (χ2v) is 7.60. The van der Waals surface area contributed by atoms with Gasteiger partial charge in [-0.05, 0) is 83.9 Å². The lowest BCUT2D eigenvalue weighted by Gasteiger charge is -2.28. The van der Waals surface area contributed by atoms with Crippen LogP contribution in [0.2, 0.25) is 0 Å². The molecule has 24 heavy (non-hydrogen) atoms. The van der Waals surface area contributed by atoms with E-state index in [2.05, 4.69) is 63.9 Å². The fourth-order valence-corrected chi connectivity index (χ4v) is 3.43. The first kappa shape index (κ1) is 17.7. The lowest BCUT2D eigenvalue weighted by atomic mass is 10.1. The van der Waals surface area contributed by atoms with Crippen molar-refractivity contribution in [2.75, 3.05) is 26.2 Å². The second-order valence-electron chi connectivity index (χ2n) is 6.36. The summed E-state index contributed by atoms with van der Waals surface area (Å²) in [5.74, 6) is 0.807. The predicted molar refractivity (Wildman–Crippen MR) is 106 cm³/mol. The average Bonchev–Trinajstić information content (AvgIpc) is 2.62. The topological polar surface area (TPSA) is 32.7 Å². The molecule has 1 aliphatic rings. The van der Waals surface area contributed by atoms with E-state index in [9.17, 15) is 5.11 Å². The van der Waals surface area contributed by atoms with Crippen molar-refractivity contribution in [3.05, 3.63) is 52.1 Å². The zero-order chi connectivity index (χ0) is 16.8. The van der Waals surface area contributed by atoms with Crippen molar-refractivity contribution in [3.63, 3.8) is 0 Å². The molecule has 0 amide bonds. The number of halogens is 1. The van der Waals surface area contributed by atoms with Crippen molar-refractivity contribution < 1.29 is 9.84 Å². The van der Waals surface area contributed by atoms with Crippen LogP contribution in [0.3, 0.4) is 0 Å². The van der Waals surface area contributed by atoms with E-state index in [1.807, 2.05) is 12.1 Å². The van der Waals surface area contributed by atoms with Crippen molar-refractivity contribution in [3.8, 4) is 16.9 Å². The summed E-state index contributed by atoms with van der Waals surface area (Å²) in [6.07, 6.45) is 3.37. The normalized spacial score (nSPS) is 16.8. The number of rotatable bonds is 6. The average molecular weight is 437 g/mol. The van der Waals surface area contributed by atoms with E-state index in [0.717, 1.165) is 18.8 Å². The molecule has 4 heteroatoms. The molecule has 1 saturated heterocycles. The molecule has 128 valence electrons. The monoisotopic (exact) mass is 437 g/mol. The Morgan fingerprint density at radius 2 is 1.50 bits per heavy atom. The van der Waals surface area contributed by atoms with Gasteiger partial charge < -0.3 is 14.7 Å². The molecule has 1 heterocycles. The first-order valence-electron chi connectivity index (χ1n) is 8.60. The number of hydrogen-bond acceptors (Lipinski definition) is 3. The molecule has 2 aromatic carbocycles. The van der Waals surface area contributed by atoms with Gasteiger partial charge >= 0.3 is 0 Å². The highest BCUT2D eigenvalue weighted by Gasteiger charge is 2.15. The minimum Gasteiger partial charge on any atom is -0.491 e. The van der Waals surface area contributed by atoms with Crippen molar-refractivity contribution >= 4 is 22.6 Å². The Balaban J connectivity index is 1.49. The van der Waals surface area contributed by atoms with Crippen LogP contribution in [0, 0.1) is 3.57 Å². The van der Waals surface area contributed by atoms with E-state index in [0.29, 0.717) is 13.2 Å². The molecule has 0 bridgehead atoms. The van der Waals surface area contributed by atoms with Gasteiger partial charge in [0, 0.05) is 10.1 Å². The number of β-amino-alcohol motifs (C(OH)–C–C–N with tert-alkyl or cyclic N) is 1. The maximum absolute atomic E-state index is 10.2. The van der Waals surface area contributed by atoms with Crippen LogP contribution in [0.1, 0.15) is 19.3 Å². The number of piperidine rings is 1. The van der Waals surface area contributed by atoms with Crippen LogP contribution in [0.4, 0.5) is 0 Å². The number of likely N-dealkylation sites (tertiary alicyclic amines) is 1. The van der Waals surface area contributed by atoms with Gasteiger partial charge in [-0.3, -0.25) is 0 Å². The summed E-state index contributed by atoms with van der Waals surface area (Å²) in [7, 11) is 0. The van der Waals surface area contributed by atoms with Crippen LogP contribution in [-0.2, 0) is 0 Å². The third-order valence-electron chi connectivity index (χ3n) is 4.39. The smallest absolute Gasteiger partial charge is 0.119 e. The van der Waals surface area contributed by atoms with E-state index >= 15 is 0 Å². The molecule has 1 N–H and O–H groups in total. The first-order chi connectivity index (χ1) is 11.7. The van der Waals surface area contributed by atoms with Gasteiger partial charge in [0.1, 0.15) is 18.5 Å². The van der Waals surface area contributed by atoms with Crippen molar-refractivity contribution in [2.24, 2.45) is 0 Å². The molecule has 3 rings (SSSR count). The van der Waals surface area contributed by atoms with E-state index < -0.39 is 6.10 Å². The van der Waals surface area contributed by atoms with Gasteiger partial charge in [0.25, 0.3) is 0 Å². The number of aliphatic hydroxyl groups excluding tert-OH is 1. The lowest BCUT2D eigenvalue weighted by Crippen LogP contribution is -2.38. The fourth-order valence-electron chi connectivity index (χ4n) is 3.07. The standard InChI is InChI=1S/C20H24INO2/c21-18-8-4-16(5-9-18)17-6-10-20(11-7-17)24-15-19(23)14-22-12-2-1-3-13-22/h4-11,19,23H,1-3,12-15H2. The van der Waals surface area contributed by atoms with Gasteiger partial charge in [-0.25, -0.2) is 0 Å². The molecule has 0 spiro atoms. The van der Waals surface area contributed by atoms with Crippen molar-refractivity contribution in [1.82, 2.24) is 4.90 Å². The summed E-state index contributed by atoms with van der Waals surface area (Å²) < 4.78 is 6.98. The Bertz CT molecular complexity index is 621. The van der Waals surface area contributed by atoms with E-state index in [1.165, 1.54) is 34.0 Å². The SMILES string of the molecule is OC(COc1ccc(-c2ccc(I)cc2)cc1)CN1CCCCC1. The minimum absolute atomic E-state index is 0.347. The number of hydrogen-bond donors (Lipinski definition) is 1. The molecular weight excluding hydrogens is 413 g/mol. The van der Waals surface area contributed by atoms with Crippen LogP contribution in [0.5, 0.6) is 5.75 Å². The number of nitrogens with zero attached hydrogens (tertiary/aromatic N) is 1.